The fourth-order valence-electron chi connectivity index (χ4n) is 2.25. The Labute approximate surface area is 110 Å². The quantitative estimate of drug-likeness (QED) is 0.681. The van der Waals surface area contributed by atoms with Gasteiger partial charge >= 0.3 is 0 Å². The van der Waals surface area contributed by atoms with Gasteiger partial charge in [-0.15, -0.1) is 11.6 Å². The fraction of sp³-hybridized carbons (Fsp3) is 0.500. The molecular weight excluding hydrogens is 263 g/mol. The van der Waals surface area contributed by atoms with Gasteiger partial charge in [-0.2, -0.15) is 0 Å². The Kier molecular flexibility index (Phi) is 3.07. The normalized spacial score (nSPS) is 22.8. The molecule has 3 nitrogen and oxygen atoms in total. The molecule has 1 aromatic carbocycles. The third kappa shape index (κ3) is 1.96. The highest BCUT2D eigenvalue weighted by atomic mass is 35.5. The van der Waals surface area contributed by atoms with Crippen LogP contribution in [-0.4, -0.2) is 26.4 Å². The summed E-state index contributed by atoms with van der Waals surface area (Å²) in [5.41, 5.74) is 1.96. The summed E-state index contributed by atoms with van der Waals surface area (Å²) < 4.78 is 16.7. The zero-order chi connectivity index (χ0) is 11.8. The highest BCUT2D eigenvalue weighted by Crippen LogP contribution is 2.45. The molecule has 0 amide bonds. The summed E-state index contributed by atoms with van der Waals surface area (Å²) in [5.74, 6) is 1.42. The Morgan fingerprint density at radius 1 is 1.18 bits per heavy atom. The SMILES string of the molecule is Clc1cc2c(c3c1CCOCC3Cl)OCCO2. The fourth-order valence-corrected chi connectivity index (χ4v) is 2.86. The van der Waals surface area contributed by atoms with Gasteiger partial charge in [0.15, 0.2) is 11.5 Å². The molecule has 1 unspecified atom stereocenters. The van der Waals surface area contributed by atoms with Crippen LogP contribution in [0.4, 0.5) is 0 Å². The van der Waals surface area contributed by atoms with Gasteiger partial charge in [0.05, 0.1) is 18.6 Å². The third-order valence-electron chi connectivity index (χ3n) is 3.00. The average Bonchev–Trinajstić information content (AvgIpc) is 2.52. The van der Waals surface area contributed by atoms with E-state index in [1.54, 1.807) is 0 Å². The van der Waals surface area contributed by atoms with E-state index in [9.17, 15) is 0 Å². The van der Waals surface area contributed by atoms with Gasteiger partial charge in [-0.3, -0.25) is 0 Å². The van der Waals surface area contributed by atoms with E-state index in [2.05, 4.69) is 0 Å². The summed E-state index contributed by atoms with van der Waals surface area (Å²) in [5, 5.41) is 0.446. The molecule has 2 aliphatic heterocycles. The minimum Gasteiger partial charge on any atom is -0.486 e. The van der Waals surface area contributed by atoms with Crippen LogP contribution in [0.15, 0.2) is 6.07 Å². The second-order valence-corrected chi connectivity index (χ2v) is 5.00. The first-order valence-electron chi connectivity index (χ1n) is 5.60. The molecule has 0 N–H and O–H groups in total. The van der Waals surface area contributed by atoms with E-state index < -0.39 is 0 Å². The van der Waals surface area contributed by atoms with Gasteiger partial charge in [0.25, 0.3) is 0 Å². The maximum atomic E-state index is 6.34. The summed E-state index contributed by atoms with van der Waals surface area (Å²) in [4.78, 5) is 0. The Hall–Kier alpha value is -0.640. The minimum absolute atomic E-state index is 0.235. The second kappa shape index (κ2) is 4.56. The van der Waals surface area contributed by atoms with Gasteiger partial charge in [-0.25, -0.2) is 0 Å². The molecule has 2 aliphatic rings. The van der Waals surface area contributed by atoms with Crippen molar-refractivity contribution in [2.45, 2.75) is 11.8 Å². The standard InChI is InChI=1S/C12H12Cl2O3/c13-8-5-10-12(17-4-3-16-10)11-7(8)1-2-15-6-9(11)14/h5,9H,1-4,6H2. The van der Waals surface area contributed by atoms with Crippen molar-refractivity contribution in [1.29, 1.82) is 0 Å². The summed E-state index contributed by atoms with van der Waals surface area (Å²) in [6.45, 7) is 2.21. The van der Waals surface area contributed by atoms with Crippen LogP contribution in [0.1, 0.15) is 16.5 Å². The van der Waals surface area contributed by atoms with Crippen molar-refractivity contribution in [3.8, 4) is 11.5 Å². The predicted octanol–water partition coefficient (Wildman–Crippen LogP) is 2.96. The molecule has 1 atom stereocenters. The summed E-state index contributed by atoms with van der Waals surface area (Å²) in [6.07, 6.45) is 0.758. The van der Waals surface area contributed by atoms with E-state index in [-0.39, 0.29) is 5.38 Å². The zero-order valence-electron chi connectivity index (χ0n) is 9.17. The summed E-state index contributed by atoms with van der Waals surface area (Å²) in [7, 11) is 0. The van der Waals surface area contributed by atoms with E-state index in [1.165, 1.54) is 0 Å². The van der Waals surface area contributed by atoms with E-state index in [0.717, 1.165) is 23.3 Å². The first-order chi connectivity index (χ1) is 8.27. The summed E-state index contributed by atoms with van der Waals surface area (Å²) in [6, 6.07) is 1.81. The van der Waals surface area contributed by atoms with Gasteiger partial charge in [-0.05, 0) is 12.0 Å². The lowest BCUT2D eigenvalue weighted by Crippen LogP contribution is -2.18. The van der Waals surface area contributed by atoms with E-state index in [4.69, 9.17) is 37.4 Å². The van der Waals surface area contributed by atoms with Crippen LogP contribution in [-0.2, 0) is 11.2 Å². The van der Waals surface area contributed by atoms with Crippen LogP contribution in [0.25, 0.3) is 0 Å². The van der Waals surface area contributed by atoms with E-state index >= 15 is 0 Å². The average molecular weight is 275 g/mol. The minimum atomic E-state index is -0.235. The lowest BCUT2D eigenvalue weighted by molar-refractivity contribution is 0.142. The lowest BCUT2D eigenvalue weighted by Gasteiger charge is -2.24. The Balaban J connectivity index is 2.19. The number of ether oxygens (including phenoxy) is 3. The van der Waals surface area contributed by atoms with Crippen molar-refractivity contribution in [3.05, 3.63) is 22.2 Å². The molecule has 0 aliphatic carbocycles. The number of benzene rings is 1. The van der Waals surface area contributed by atoms with Crippen molar-refractivity contribution >= 4 is 23.2 Å². The van der Waals surface area contributed by atoms with Crippen LogP contribution in [0, 0.1) is 0 Å². The molecule has 0 spiro atoms. The third-order valence-corrected chi connectivity index (χ3v) is 3.68. The molecule has 1 aromatic rings. The smallest absolute Gasteiger partial charge is 0.166 e. The Morgan fingerprint density at radius 3 is 2.88 bits per heavy atom. The molecule has 0 bridgehead atoms. The van der Waals surface area contributed by atoms with E-state index in [1.807, 2.05) is 6.07 Å². The van der Waals surface area contributed by atoms with Crippen molar-refractivity contribution in [1.82, 2.24) is 0 Å². The molecule has 0 saturated heterocycles. The number of hydrogen-bond donors (Lipinski definition) is 0. The molecule has 5 heteroatoms. The molecule has 17 heavy (non-hydrogen) atoms. The largest absolute Gasteiger partial charge is 0.486 e. The number of rotatable bonds is 0. The molecule has 0 saturated carbocycles. The first-order valence-corrected chi connectivity index (χ1v) is 6.41. The number of hydrogen-bond acceptors (Lipinski definition) is 3. The van der Waals surface area contributed by atoms with Gasteiger partial charge < -0.3 is 14.2 Å². The first kappa shape index (κ1) is 11.5. The maximum absolute atomic E-state index is 6.34. The number of fused-ring (bicyclic) bond motifs is 3. The predicted molar refractivity (Wildman–Crippen MR) is 65.6 cm³/mol. The topological polar surface area (TPSA) is 27.7 Å². The van der Waals surface area contributed by atoms with Crippen molar-refractivity contribution in [2.24, 2.45) is 0 Å². The van der Waals surface area contributed by atoms with Crippen LogP contribution < -0.4 is 9.47 Å². The highest BCUT2D eigenvalue weighted by molar-refractivity contribution is 6.32. The zero-order valence-corrected chi connectivity index (χ0v) is 10.7. The lowest BCUT2D eigenvalue weighted by atomic mass is 10.0. The Morgan fingerprint density at radius 2 is 2.00 bits per heavy atom. The molecular formula is C12H12Cl2O3. The highest BCUT2D eigenvalue weighted by Gasteiger charge is 2.28. The van der Waals surface area contributed by atoms with Gasteiger partial charge in [0, 0.05) is 16.7 Å². The van der Waals surface area contributed by atoms with E-state index in [0.29, 0.717) is 37.2 Å². The van der Waals surface area contributed by atoms with Gasteiger partial charge in [0.1, 0.15) is 13.2 Å². The van der Waals surface area contributed by atoms with Crippen molar-refractivity contribution < 1.29 is 14.2 Å². The van der Waals surface area contributed by atoms with Gasteiger partial charge in [-0.1, -0.05) is 11.6 Å². The summed E-state index contributed by atoms with van der Waals surface area (Å²) >= 11 is 12.6. The molecule has 2 heterocycles. The second-order valence-electron chi connectivity index (χ2n) is 4.07. The monoisotopic (exact) mass is 274 g/mol. The molecule has 3 rings (SSSR count). The van der Waals surface area contributed by atoms with Crippen LogP contribution >= 0.6 is 23.2 Å². The van der Waals surface area contributed by atoms with Crippen LogP contribution in [0.3, 0.4) is 0 Å². The molecule has 0 radical (unpaired) electrons. The Bertz CT molecular complexity index is 448. The van der Waals surface area contributed by atoms with Crippen LogP contribution in [0.5, 0.6) is 11.5 Å². The molecule has 92 valence electrons. The maximum Gasteiger partial charge on any atom is 0.166 e. The number of halogens is 2. The van der Waals surface area contributed by atoms with Gasteiger partial charge in [0.2, 0.25) is 0 Å². The van der Waals surface area contributed by atoms with Crippen LogP contribution in [0.2, 0.25) is 5.02 Å². The van der Waals surface area contributed by atoms with Crippen molar-refractivity contribution in [2.75, 3.05) is 26.4 Å². The molecule has 0 aromatic heterocycles. The number of alkyl halides is 1. The molecule has 0 fully saturated rings. The van der Waals surface area contributed by atoms with Crippen molar-refractivity contribution in [3.63, 3.8) is 0 Å².